The first kappa shape index (κ1) is 22.1. The maximum absolute atomic E-state index is 12.5. The molecule has 0 saturated heterocycles. The Kier molecular flexibility index (Phi) is 6.73. The number of nitrogens with one attached hydrogen (secondary N) is 1. The maximum atomic E-state index is 12.5. The molecule has 0 unspecified atom stereocenters. The van der Waals surface area contributed by atoms with E-state index in [1.165, 1.54) is 6.08 Å². The van der Waals surface area contributed by atoms with Crippen molar-refractivity contribution in [3.63, 3.8) is 0 Å². The van der Waals surface area contributed by atoms with Gasteiger partial charge in [-0.15, -0.1) is 0 Å². The van der Waals surface area contributed by atoms with E-state index in [2.05, 4.69) is 23.5 Å². The largest absolute Gasteiger partial charge is 0.487 e. The molecule has 0 spiro atoms. The molecule has 4 aromatic carbocycles. The minimum atomic E-state index is -0.476. The lowest BCUT2D eigenvalue weighted by Gasteiger charge is -2.11. The van der Waals surface area contributed by atoms with Gasteiger partial charge in [0, 0.05) is 5.69 Å². The number of ether oxygens (including phenoxy) is 1. The third kappa shape index (κ3) is 5.41. The second kappa shape index (κ2) is 10.0. The molecule has 4 aromatic rings. The molecule has 33 heavy (non-hydrogen) atoms. The highest BCUT2D eigenvalue weighted by molar-refractivity contribution is 6.32. The fourth-order valence-electron chi connectivity index (χ4n) is 3.53. The first-order valence-corrected chi connectivity index (χ1v) is 10.8. The van der Waals surface area contributed by atoms with Crippen LogP contribution in [0.1, 0.15) is 16.7 Å². The number of nitriles is 1. The van der Waals surface area contributed by atoms with Crippen LogP contribution < -0.4 is 10.1 Å². The highest BCUT2D eigenvalue weighted by Crippen LogP contribution is 2.28. The number of hydrogen-bond acceptors (Lipinski definition) is 3. The summed E-state index contributed by atoms with van der Waals surface area (Å²) in [6.07, 6.45) is 1.51. The Balaban J connectivity index is 1.48. The van der Waals surface area contributed by atoms with Crippen molar-refractivity contribution in [3.8, 4) is 11.8 Å². The number of anilines is 1. The average Bonchev–Trinajstić information content (AvgIpc) is 2.82. The summed E-state index contributed by atoms with van der Waals surface area (Å²) in [5.74, 6) is 0.0555. The summed E-state index contributed by atoms with van der Waals surface area (Å²) in [4.78, 5) is 12.5. The van der Waals surface area contributed by atoms with Gasteiger partial charge in [0.05, 0.1) is 5.02 Å². The van der Waals surface area contributed by atoms with Gasteiger partial charge >= 0.3 is 0 Å². The van der Waals surface area contributed by atoms with Crippen LogP contribution in [-0.4, -0.2) is 5.91 Å². The average molecular weight is 453 g/mol. The number of benzene rings is 4. The Morgan fingerprint density at radius 3 is 2.61 bits per heavy atom. The number of aryl methyl sites for hydroxylation is 1. The summed E-state index contributed by atoms with van der Waals surface area (Å²) >= 11 is 6.43. The van der Waals surface area contributed by atoms with Gasteiger partial charge in [-0.2, -0.15) is 5.26 Å². The van der Waals surface area contributed by atoms with Crippen molar-refractivity contribution in [1.82, 2.24) is 0 Å². The number of carbonyl (C=O) groups excluding carboxylic acids is 1. The van der Waals surface area contributed by atoms with Gasteiger partial charge in [0.1, 0.15) is 24.0 Å². The van der Waals surface area contributed by atoms with E-state index in [1.54, 1.807) is 24.3 Å². The monoisotopic (exact) mass is 452 g/mol. The molecule has 0 aliphatic rings. The Labute approximate surface area is 197 Å². The lowest BCUT2D eigenvalue weighted by molar-refractivity contribution is -0.112. The Bertz CT molecular complexity index is 1400. The highest BCUT2D eigenvalue weighted by Gasteiger charge is 2.11. The Hall–Kier alpha value is -4.07. The van der Waals surface area contributed by atoms with E-state index in [9.17, 15) is 10.1 Å². The zero-order valence-corrected chi connectivity index (χ0v) is 18.8. The van der Waals surface area contributed by atoms with Crippen LogP contribution in [0.15, 0.2) is 90.5 Å². The second-order valence-corrected chi connectivity index (χ2v) is 8.02. The van der Waals surface area contributed by atoms with Gasteiger partial charge in [0.2, 0.25) is 0 Å². The zero-order valence-electron chi connectivity index (χ0n) is 18.0. The van der Waals surface area contributed by atoms with Gasteiger partial charge in [0.25, 0.3) is 5.91 Å². The number of halogens is 1. The number of nitrogens with zero attached hydrogens (tertiary/aromatic N) is 1. The molecule has 0 atom stereocenters. The number of fused-ring (bicyclic) bond motifs is 1. The zero-order chi connectivity index (χ0) is 23.2. The van der Waals surface area contributed by atoms with Gasteiger partial charge in [-0.05, 0) is 64.7 Å². The predicted molar refractivity (Wildman–Crippen MR) is 133 cm³/mol. The van der Waals surface area contributed by atoms with E-state index in [1.807, 2.05) is 55.5 Å². The van der Waals surface area contributed by atoms with Crippen molar-refractivity contribution in [2.24, 2.45) is 0 Å². The van der Waals surface area contributed by atoms with Gasteiger partial charge in [0.15, 0.2) is 0 Å². The molecule has 0 fully saturated rings. The van der Waals surface area contributed by atoms with Crippen LogP contribution in [-0.2, 0) is 11.4 Å². The van der Waals surface area contributed by atoms with Crippen LogP contribution in [0, 0.1) is 18.3 Å². The molecule has 0 heterocycles. The molecule has 5 heteroatoms. The van der Waals surface area contributed by atoms with E-state index < -0.39 is 5.91 Å². The van der Waals surface area contributed by atoms with E-state index in [-0.39, 0.29) is 5.57 Å². The summed E-state index contributed by atoms with van der Waals surface area (Å²) in [6.45, 7) is 2.31. The molecule has 1 N–H and O–H groups in total. The molecular weight excluding hydrogens is 432 g/mol. The first-order valence-electron chi connectivity index (χ1n) is 10.4. The molecule has 162 valence electrons. The molecule has 0 bridgehead atoms. The molecule has 1 amide bonds. The Morgan fingerprint density at radius 2 is 1.82 bits per heavy atom. The third-order valence-electron chi connectivity index (χ3n) is 5.17. The van der Waals surface area contributed by atoms with Crippen LogP contribution >= 0.6 is 11.6 Å². The number of rotatable bonds is 6. The smallest absolute Gasteiger partial charge is 0.266 e. The van der Waals surface area contributed by atoms with E-state index in [4.69, 9.17) is 16.3 Å². The summed E-state index contributed by atoms with van der Waals surface area (Å²) < 4.78 is 5.96. The standard InChI is InChI=1S/C28H21ClN2O2/c1-19-6-4-10-24(14-19)31-28(32)23(17-30)15-20-12-13-27(26(29)16-20)33-18-22-9-5-8-21-7-2-3-11-25(21)22/h2-16H,18H2,1H3,(H,31,32)/b23-15+. The lowest BCUT2D eigenvalue weighted by Crippen LogP contribution is -2.13. The van der Waals surface area contributed by atoms with Crippen molar-refractivity contribution in [2.45, 2.75) is 13.5 Å². The molecule has 0 aliphatic heterocycles. The van der Waals surface area contributed by atoms with Gasteiger partial charge < -0.3 is 10.1 Å². The summed E-state index contributed by atoms with van der Waals surface area (Å²) in [5.41, 5.74) is 3.33. The lowest BCUT2D eigenvalue weighted by atomic mass is 10.1. The third-order valence-corrected chi connectivity index (χ3v) is 5.47. The van der Waals surface area contributed by atoms with Gasteiger partial charge in [-0.25, -0.2) is 0 Å². The fourth-order valence-corrected chi connectivity index (χ4v) is 3.78. The molecule has 0 saturated carbocycles. The first-order chi connectivity index (χ1) is 16.0. The summed E-state index contributed by atoms with van der Waals surface area (Å²) in [5, 5.41) is 14.9. The van der Waals surface area contributed by atoms with Gasteiger partial charge in [-0.1, -0.05) is 72.3 Å². The fraction of sp³-hybridized carbons (Fsp3) is 0.0714. The SMILES string of the molecule is Cc1cccc(NC(=O)/C(C#N)=C/c2ccc(OCc3cccc4ccccc34)c(Cl)c2)c1. The van der Waals surface area contributed by atoms with Crippen molar-refractivity contribution < 1.29 is 9.53 Å². The van der Waals surface area contributed by atoms with E-state index in [0.717, 1.165) is 21.9 Å². The minimum absolute atomic E-state index is 0.0167. The van der Waals surface area contributed by atoms with Crippen LogP contribution in [0.5, 0.6) is 5.75 Å². The number of hydrogen-bond donors (Lipinski definition) is 1. The van der Waals surface area contributed by atoms with Gasteiger partial charge in [-0.3, -0.25) is 4.79 Å². The maximum Gasteiger partial charge on any atom is 0.266 e. The molecule has 0 aromatic heterocycles. The number of carbonyl (C=O) groups is 1. The highest BCUT2D eigenvalue weighted by atomic mass is 35.5. The molecular formula is C28H21ClN2O2. The second-order valence-electron chi connectivity index (χ2n) is 7.61. The van der Waals surface area contributed by atoms with Crippen molar-refractivity contribution >= 4 is 40.0 Å². The molecule has 4 rings (SSSR count). The van der Waals surface area contributed by atoms with Crippen LogP contribution in [0.4, 0.5) is 5.69 Å². The van der Waals surface area contributed by atoms with Crippen LogP contribution in [0.2, 0.25) is 5.02 Å². The topological polar surface area (TPSA) is 62.1 Å². The molecule has 4 nitrogen and oxygen atoms in total. The van der Waals surface area contributed by atoms with E-state index in [0.29, 0.717) is 28.6 Å². The van der Waals surface area contributed by atoms with Crippen LogP contribution in [0.3, 0.4) is 0 Å². The van der Waals surface area contributed by atoms with Crippen molar-refractivity contribution in [3.05, 3.63) is 112 Å². The molecule has 0 aliphatic carbocycles. The Morgan fingerprint density at radius 1 is 1.03 bits per heavy atom. The summed E-state index contributed by atoms with van der Waals surface area (Å²) in [7, 11) is 0. The molecule has 0 radical (unpaired) electrons. The number of amides is 1. The van der Waals surface area contributed by atoms with Crippen molar-refractivity contribution in [2.75, 3.05) is 5.32 Å². The van der Waals surface area contributed by atoms with Crippen molar-refractivity contribution in [1.29, 1.82) is 5.26 Å². The predicted octanol–water partition coefficient (Wildman–Crippen LogP) is 6.93. The van der Waals surface area contributed by atoms with E-state index >= 15 is 0 Å². The summed E-state index contributed by atoms with van der Waals surface area (Å²) in [6, 6.07) is 28.8. The normalized spacial score (nSPS) is 11.1. The van der Waals surface area contributed by atoms with Crippen LogP contribution in [0.25, 0.3) is 16.8 Å². The minimum Gasteiger partial charge on any atom is -0.487 e. The quantitative estimate of drug-likeness (QED) is 0.255.